The molecule has 2 aromatic heterocycles. The van der Waals surface area contributed by atoms with Crippen LogP contribution in [-0.4, -0.2) is 23.3 Å². The topological polar surface area (TPSA) is 85.1 Å². The molecule has 0 aromatic carbocycles. The molecule has 0 radical (unpaired) electrons. The highest BCUT2D eigenvalue weighted by Gasteiger charge is 2.56. The van der Waals surface area contributed by atoms with E-state index in [1.165, 1.54) is 11.3 Å². The third-order valence-electron chi connectivity index (χ3n) is 3.95. The summed E-state index contributed by atoms with van der Waals surface area (Å²) < 4.78 is 31.9. The fraction of sp³-hybridized carbons (Fsp3) is 0.538. The monoisotopic (exact) mass is 327 g/mol. The summed E-state index contributed by atoms with van der Waals surface area (Å²) >= 11 is 1.50. The zero-order chi connectivity index (χ0) is 15.1. The minimum atomic E-state index is -3.36. The molecule has 8 heteroatoms. The first-order valence-electron chi connectivity index (χ1n) is 6.80. The molecule has 0 spiro atoms. The van der Waals surface area contributed by atoms with E-state index in [4.69, 9.17) is 4.52 Å². The van der Waals surface area contributed by atoms with Crippen molar-refractivity contribution in [3.05, 3.63) is 23.3 Å². The first-order chi connectivity index (χ1) is 9.95. The van der Waals surface area contributed by atoms with Gasteiger partial charge in [0.05, 0.1) is 16.2 Å². The Kier molecular flexibility index (Phi) is 3.62. The Hall–Kier alpha value is -1.25. The second-order valence-corrected chi connectivity index (χ2v) is 8.59. The van der Waals surface area contributed by atoms with Crippen LogP contribution >= 0.6 is 11.3 Å². The van der Waals surface area contributed by atoms with Crippen molar-refractivity contribution in [3.63, 3.8) is 0 Å². The molecular weight excluding hydrogens is 310 g/mol. The minimum absolute atomic E-state index is 0.0612. The molecule has 0 aliphatic heterocycles. The third-order valence-corrected chi connectivity index (χ3v) is 7.28. The standard InChI is InChI=1S/C13H17N3O3S2/c1-9(2)13(5-6-13)21(17,18)14-8-11-15-12(19-16-11)10-4-3-7-20-10/h3-4,7,9,14H,5-6,8H2,1-2H3. The number of nitrogens with zero attached hydrogens (tertiary/aromatic N) is 2. The number of thiophene rings is 1. The molecule has 1 fully saturated rings. The van der Waals surface area contributed by atoms with E-state index < -0.39 is 14.8 Å². The van der Waals surface area contributed by atoms with Crippen LogP contribution in [0.4, 0.5) is 0 Å². The normalized spacial score (nSPS) is 17.3. The smallest absolute Gasteiger partial charge is 0.268 e. The number of sulfonamides is 1. The summed E-state index contributed by atoms with van der Waals surface area (Å²) in [6.07, 6.45) is 1.43. The number of nitrogens with one attached hydrogen (secondary N) is 1. The van der Waals surface area contributed by atoms with Gasteiger partial charge in [-0.25, -0.2) is 13.1 Å². The molecule has 3 rings (SSSR count). The summed E-state index contributed by atoms with van der Waals surface area (Å²) in [4.78, 5) is 5.08. The molecule has 21 heavy (non-hydrogen) atoms. The van der Waals surface area contributed by atoms with Crippen molar-refractivity contribution in [1.29, 1.82) is 0 Å². The Balaban J connectivity index is 1.69. The zero-order valence-corrected chi connectivity index (χ0v) is 13.5. The first kappa shape index (κ1) is 14.7. The van der Waals surface area contributed by atoms with Gasteiger partial charge in [0.15, 0.2) is 5.82 Å². The van der Waals surface area contributed by atoms with Crippen molar-refractivity contribution in [3.8, 4) is 10.8 Å². The van der Waals surface area contributed by atoms with Crippen LogP contribution in [0.5, 0.6) is 0 Å². The van der Waals surface area contributed by atoms with Gasteiger partial charge in [0.25, 0.3) is 5.89 Å². The second-order valence-electron chi connectivity index (χ2n) is 5.54. The van der Waals surface area contributed by atoms with Gasteiger partial charge in [-0.1, -0.05) is 25.1 Å². The van der Waals surface area contributed by atoms with Crippen LogP contribution in [-0.2, 0) is 16.6 Å². The molecule has 0 atom stereocenters. The molecule has 1 aliphatic carbocycles. The summed E-state index contributed by atoms with van der Waals surface area (Å²) in [6.45, 7) is 3.94. The quantitative estimate of drug-likeness (QED) is 0.880. The van der Waals surface area contributed by atoms with Crippen LogP contribution in [0, 0.1) is 5.92 Å². The van der Waals surface area contributed by atoms with E-state index in [-0.39, 0.29) is 12.5 Å². The van der Waals surface area contributed by atoms with E-state index >= 15 is 0 Å². The van der Waals surface area contributed by atoms with E-state index in [1.54, 1.807) is 0 Å². The molecule has 2 aromatic rings. The molecule has 1 N–H and O–H groups in total. The SMILES string of the molecule is CC(C)C1(S(=O)(=O)NCc2noc(-c3cccs3)n2)CC1. The Morgan fingerprint density at radius 3 is 2.81 bits per heavy atom. The fourth-order valence-corrected chi connectivity index (χ4v) is 4.92. The van der Waals surface area contributed by atoms with Crippen LogP contribution in [0.2, 0.25) is 0 Å². The second kappa shape index (κ2) is 5.19. The predicted molar refractivity (Wildman–Crippen MR) is 80.2 cm³/mol. The molecule has 114 valence electrons. The van der Waals surface area contributed by atoms with Crippen LogP contribution in [0.15, 0.2) is 22.0 Å². The van der Waals surface area contributed by atoms with Gasteiger partial charge in [0, 0.05) is 0 Å². The Morgan fingerprint density at radius 2 is 2.24 bits per heavy atom. The summed E-state index contributed by atoms with van der Waals surface area (Å²) in [6, 6.07) is 3.77. The van der Waals surface area contributed by atoms with Gasteiger partial charge in [-0.2, -0.15) is 4.98 Å². The lowest BCUT2D eigenvalue weighted by Crippen LogP contribution is -2.39. The number of aromatic nitrogens is 2. The van der Waals surface area contributed by atoms with Gasteiger partial charge in [-0.05, 0) is 30.2 Å². The van der Waals surface area contributed by atoms with Crippen LogP contribution in [0.1, 0.15) is 32.5 Å². The van der Waals surface area contributed by atoms with Crippen molar-refractivity contribution in [2.24, 2.45) is 5.92 Å². The molecule has 0 bridgehead atoms. The minimum Gasteiger partial charge on any atom is -0.333 e. The van der Waals surface area contributed by atoms with E-state index in [1.807, 2.05) is 31.4 Å². The highest BCUT2D eigenvalue weighted by molar-refractivity contribution is 7.91. The zero-order valence-electron chi connectivity index (χ0n) is 11.9. The summed E-state index contributed by atoms with van der Waals surface area (Å²) in [7, 11) is -3.36. The largest absolute Gasteiger partial charge is 0.333 e. The summed E-state index contributed by atoms with van der Waals surface area (Å²) in [5.74, 6) is 0.868. The van der Waals surface area contributed by atoms with Gasteiger partial charge in [-0.15, -0.1) is 11.3 Å². The van der Waals surface area contributed by atoms with Crippen molar-refractivity contribution < 1.29 is 12.9 Å². The molecule has 2 heterocycles. The fourth-order valence-electron chi connectivity index (χ4n) is 2.41. The van der Waals surface area contributed by atoms with E-state index in [0.29, 0.717) is 24.6 Å². The van der Waals surface area contributed by atoms with Crippen molar-refractivity contribution in [2.75, 3.05) is 0 Å². The maximum atomic E-state index is 12.4. The summed E-state index contributed by atoms with van der Waals surface area (Å²) in [5.41, 5.74) is 0. The van der Waals surface area contributed by atoms with Crippen molar-refractivity contribution >= 4 is 21.4 Å². The highest BCUT2D eigenvalue weighted by Crippen LogP contribution is 2.48. The van der Waals surface area contributed by atoms with Gasteiger partial charge in [0.1, 0.15) is 0 Å². The molecular formula is C13H17N3O3S2. The van der Waals surface area contributed by atoms with Gasteiger partial charge < -0.3 is 4.52 Å². The van der Waals surface area contributed by atoms with Gasteiger partial charge in [-0.3, -0.25) is 0 Å². The molecule has 0 unspecified atom stereocenters. The van der Waals surface area contributed by atoms with E-state index in [9.17, 15) is 8.42 Å². The lowest BCUT2D eigenvalue weighted by molar-refractivity contribution is 0.422. The number of hydrogen-bond donors (Lipinski definition) is 1. The highest BCUT2D eigenvalue weighted by atomic mass is 32.2. The molecule has 1 aliphatic rings. The lowest BCUT2D eigenvalue weighted by atomic mass is 10.1. The van der Waals surface area contributed by atoms with E-state index in [2.05, 4.69) is 14.9 Å². The third kappa shape index (κ3) is 2.63. The molecule has 0 saturated heterocycles. The Bertz CT molecular complexity index is 716. The number of rotatable bonds is 6. The number of hydrogen-bond acceptors (Lipinski definition) is 6. The van der Waals surface area contributed by atoms with Gasteiger partial charge in [0.2, 0.25) is 10.0 Å². The lowest BCUT2D eigenvalue weighted by Gasteiger charge is -2.19. The van der Waals surface area contributed by atoms with Crippen LogP contribution in [0.3, 0.4) is 0 Å². The van der Waals surface area contributed by atoms with Crippen LogP contribution in [0.25, 0.3) is 10.8 Å². The Labute approximate surface area is 127 Å². The van der Waals surface area contributed by atoms with Crippen molar-refractivity contribution in [1.82, 2.24) is 14.9 Å². The average Bonchev–Trinajstić information content (AvgIpc) is 2.88. The summed E-state index contributed by atoms with van der Waals surface area (Å²) in [5, 5.41) is 5.73. The molecule has 0 amide bonds. The molecule has 1 saturated carbocycles. The first-order valence-corrected chi connectivity index (χ1v) is 9.16. The van der Waals surface area contributed by atoms with E-state index in [0.717, 1.165) is 4.88 Å². The van der Waals surface area contributed by atoms with Crippen molar-refractivity contribution in [2.45, 2.75) is 38.0 Å². The maximum Gasteiger partial charge on any atom is 0.268 e. The molecule has 6 nitrogen and oxygen atoms in total. The van der Waals surface area contributed by atoms with Crippen LogP contribution < -0.4 is 4.72 Å². The Morgan fingerprint density at radius 1 is 1.48 bits per heavy atom. The van der Waals surface area contributed by atoms with Gasteiger partial charge >= 0.3 is 0 Å². The average molecular weight is 327 g/mol. The predicted octanol–water partition coefficient (Wildman–Crippen LogP) is 2.41. The maximum absolute atomic E-state index is 12.4.